The molecule has 0 aliphatic heterocycles. The predicted molar refractivity (Wildman–Crippen MR) is 103 cm³/mol. The lowest BCUT2D eigenvalue weighted by Gasteiger charge is -2.21. The molecule has 0 fully saturated rings. The first-order valence-electron chi connectivity index (χ1n) is 9.02. The van der Waals surface area contributed by atoms with Gasteiger partial charge in [-0.2, -0.15) is 5.10 Å². The summed E-state index contributed by atoms with van der Waals surface area (Å²) in [4.78, 5) is 14.0. The van der Waals surface area contributed by atoms with E-state index in [4.69, 9.17) is 0 Å². The van der Waals surface area contributed by atoms with Gasteiger partial charge in [0.15, 0.2) is 0 Å². The standard InChI is InChI=1S/C21H23FN4O/c1-2-25(15-17-7-6-8-19(22)13-17)21(27)23-12-11-18-14-24-26(16-18)20-9-4-3-5-10-20/h3-10,13-14,16H,2,11-12,15H2,1H3,(H,23,27). The van der Waals surface area contributed by atoms with Crippen molar-refractivity contribution in [2.75, 3.05) is 13.1 Å². The van der Waals surface area contributed by atoms with Crippen molar-refractivity contribution in [3.05, 3.63) is 83.9 Å². The first-order chi connectivity index (χ1) is 13.2. The van der Waals surface area contributed by atoms with Crippen LogP contribution in [0.1, 0.15) is 18.1 Å². The Kier molecular flexibility index (Phi) is 6.20. The number of amides is 2. The number of nitrogens with zero attached hydrogens (tertiary/aromatic N) is 3. The van der Waals surface area contributed by atoms with Crippen LogP contribution < -0.4 is 5.32 Å². The average Bonchev–Trinajstić information content (AvgIpc) is 3.16. The number of para-hydroxylation sites is 1. The molecular weight excluding hydrogens is 343 g/mol. The van der Waals surface area contributed by atoms with Gasteiger partial charge in [-0.1, -0.05) is 30.3 Å². The molecule has 3 rings (SSSR count). The molecule has 5 nitrogen and oxygen atoms in total. The first kappa shape index (κ1) is 18.6. The van der Waals surface area contributed by atoms with Gasteiger partial charge >= 0.3 is 6.03 Å². The Morgan fingerprint density at radius 1 is 1.15 bits per heavy atom. The summed E-state index contributed by atoms with van der Waals surface area (Å²) in [5, 5.41) is 7.28. The average molecular weight is 366 g/mol. The molecule has 1 heterocycles. The summed E-state index contributed by atoms with van der Waals surface area (Å²) in [7, 11) is 0. The Labute approximate surface area is 158 Å². The van der Waals surface area contributed by atoms with Gasteiger partial charge in [0, 0.05) is 25.8 Å². The Bertz CT molecular complexity index is 879. The van der Waals surface area contributed by atoms with E-state index >= 15 is 0 Å². The van der Waals surface area contributed by atoms with Crippen molar-refractivity contribution in [1.29, 1.82) is 0 Å². The van der Waals surface area contributed by atoms with Gasteiger partial charge in [0.2, 0.25) is 0 Å². The Morgan fingerprint density at radius 3 is 2.70 bits per heavy atom. The van der Waals surface area contributed by atoms with Crippen molar-refractivity contribution in [3.8, 4) is 5.69 Å². The zero-order valence-corrected chi connectivity index (χ0v) is 15.3. The number of rotatable bonds is 7. The molecule has 0 spiro atoms. The highest BCUT2D eigenvalue weighted by Crippen LogP contribution is 2.09. The van der Waals surface area contributed by atoms with Gasteiger partial charge in [0.1, 0.15) is 5.82 Å². The van der Waals surface area contributed by atoms with Crippen molar-refractivity contribution >= 4 is 6.03 Å². The normalized spacial score (nSPS) is 10.6. The summed E-state index contributed by atoms with van der Waals surface area (Å²) in [6, 6.07) is 16.0. The predicted octanol–water partition coefficient (Wildman–Crippen LogP) is 3.79. The van der Waals surface area contributed by atoms with Crippen LogP contribution in [-0.2, 0) is 13.0 Å². The highest BCUT2D eigenvalue weighted by Gasteiger charge is 2.12. The number of urea groups is 1. The number of aromatic nitrogens is 2. The van der Waals surface area contributed by atoms with Crippen molar-refractivity contribution in [1.82, 2.24) is 20.0 Å². The van der Waals surface area contributed by atoms with Crippen LogP contribution in [0, 0.1) is 5.82 Å². The third kappa shape index (κ3) is 5.17. The van der Waals surface area contributed by atoms with E-state index in [2.05, 4.69) is 10.4 Å². The van der Waals surface area contributed by atoms with Gasteiger partial charge < -0.3 is 10.2 Å². The zero-order valence-electron chi connectivity index (χ0n) is 15.3. The van der Waals surface area contributed by atoms with Crippen LogP contribution in [0.3, 0.4) is 0 Å². The molecule has 1 N–H and O–H groups in total. The second-order valence-corrected chi connectivity index (χ2v) is 6.25. The minimum absolute atomic E-state index is 0.155. The van der Waals surface area contributed by atoms with Crippen molar-refractivity contribution < 1.29 is 9.18 Å². The van der Waals surface area contributed by atoms with Crippen LogP contribution in [0.2, 0.25) is 0 Å². The lowest BCUT2D eigenvalue weighted by molar-refractivity contribution is 0.198. The molecule has 6 heteroatoms. The van der Waals surface area contributed by atoms with E-state index in [0.717, 1.165) is 16.8 Å². The summed E-state index contributed by atoms with van der Waals surface area (Å²) in [5.74, 6) is -0.292. The SMILES string of the molecule is CCN(Cc1cccc(F)c1)C(=O)NCCc1cnn(-c2ccccc2)c1. The Morgan fingerprint density at radius 2 is 1.96 bits per heavy atom. The molecule has 0 saturated heterocycles. The smallest absolute Gasteiger partial charge is 0.317 e. The number of nitrogens with one attached hydrogen (secondary N) is 1. The molecule has 140 valence electrons. The quantitative estimate of drug-likeness (QED) is 0.692. The van der Waals surface area contributed by atoms with Crippen LogP contribution in [0.4, 0.5) is 9.18 Å². The number of benzene rings is 2. The number of carbonyl (C=O) groups excluding carboxylic acids is 1. The van der Waals surface area contributed by atoms with E-state index in [0.29, 0.717) is 26.1 Å². The van der Waals surface area contributed by atoms with Gasteiger partial charge in [-0.25, -0.2) is 13.9 Å². The fraction of sp³-hybridized carbons (Fsp3) is 0.238. The zero-order chi connectivity index (χ0) is 19.1. The highest BCUT2D eigenvalue weighted by molar-refractivity contribution is 5.74. The molecule has 0 aliphatic rings. The first-order valence-corrected chi connectivity index (χ1v) is 9.02. The minimum Gasteiger partial charge on any atom is -0.338 e. The third-order valence-electron chi connectivity index (χ3n) is 4.28. The molecule has 0 radical (unpaired) electrons. The topological polar surface area (TPSA) is 50.2 Å². The molecule has 1 aromatic heterocycles. The summed E-state index contributed by atoms with van der Waals surface area (Å²) in [6.45, 7) is 3.35. The van der Waals surface area contributed by atoms with Crippen molar-refractivity contribution in [2.45, 2.75) is 19.9 Å². The molecule has 0 bridgehead atoms. The third-order valence-corrected chi connectivity index (χ3v) is 4.28. The number of carbonyl (C=O) groups is 1. The van der Waals surface area contributed by atoms with Crippen LogP contribution >= 0.6 is 0 Å². The largest absolute Gasteiger partial charge is 0.338 e. The second-order valence-electron chi connectivity index (χ2n) is 6.25. The van der Waals surface area contributed by atoms with Gasteiger partial charge in [-0.15, -0.1) is 0 Å². The number of hydrogen-bond acceptors (Lipinski definition) is 2. The lowest BCUT2D eigenvalue weighted by Crippen LogP contribution is -2.40. The molecule has 3 aromatic rings. The fourth-order valence-corrected chi connectivity index (χ4v) is 2.82. The van der Waals surface area contributed by atoms with E-state index in [1.165, 1.54) is 12.1 Å². The van der Waals surface area contributed by atoms with Crippen LogP contribution in [0.25, 0.3) is 5.69 Å². The highest BCUT2D eigenvalue weighted by atomic mass is 19.1. The maximum atomic E-state index is 13.3. The van der Waals surface area contributed by atoms with Crippen LogP contribution in [0.15, 0.2) is 67.0 Å². The monoisotopic (exact) mass is 366 g/mol. The van der Waals surface area contributed by atoms with Crippen LogP contribution in [-0.4, -0.2) is 33.8 Å². The maximum Gasteiger partial charge on any atom is 0.317 e. The molecule has 0 saturated carbocycles. The van der Waals surface area contributed by atoms with Crippen molar-refractivity contribution in [3.63, 3.8) is 0 Å². The van der Waals surface area contributed by atoms with Gasteiger partial charge in [-0.05, 0) is 48.7 Å². The lowest BCUT2D eigenvalue weighted by atomic mass is 10.2. The Balaban J connectivity index is 1.50. The van der Waals surface area contributed by atoms with E-state index in [9.17, 15) is 9.18 Å². The fourth-order valence-electron chi connectivity index (χ4n) is 2.82. The molecule has 2 amide bonds. The molecular formula is C21H23FN4O. The molecule has 27 heavy (non-hydrogen) atoms. The van der Waals surface area contributed by atoms with Crippen LogP contribution in [0.5, 0.6) is 0 Å². The summed E-state index contributed by atoms with van der Waals surface area (Å²) in [6.07, 6.45) is 4.46. The van der Waals surface area contributed by atoms with Gasteiger partial charge in [-0.3, -0.25) is 0 Å². The summed E-state index contributed by atoms with van der Waals surface area (Å²) >= 11 is 0. The molecule has 0 aliphatic carbocycles. The summed E-state index contributed by atoms with van der Waals surface area (Å²) in [5.41, 5.74) is 2.82. The van der Waals surface area contributed by atoms with Gasteiger partial charge in [0.25, 0.3) is 0 Å². The maximum absolute atomic E-state index is 13.3. The van der Waals surface area contributed by atoms with Crippen molar-refractivity contribution in [2.24, 2.45) is 0 Å². The molecule has 2 aromatic carbocycles. The van der Waals surface area contributed by atoms with E-state index in [1.807, 2.05) is 60.4 Å². The number of halogens is 1. The second kappa shape index (κ2) is 8.98. The van der Waals surface area contributed by atoms with E-state index < -0.39 is 0 Å². The molecule has 0 atom stereocenters. The van der Waals surface area contributed by atoms with E-state index in [-0.39, 0.29) is 11.8 Å². The molecule has 0 unspecified atom stereocenters. The Hall–Kier alpha value is -3.15. The van der Waals surface area contributed by atoms with E-state index in [1.54, 1.807) is 11.0 Å². The minimum atomic E-state index is -0.292. The number of hydrogen-bond donors (Lipinski definition) is 1. The van der Waals surface area contributed by atoms with Gasteiger partial charge in [0.05, 0.1) is 11.9 Å². The summed E-state index contributed by atoms with van der Waals surface area (Å²) < 4.78 is 15.1.